The molecule has 0 unspecified atom stereocenters. The van der Waals surface area contributed by atoms with Gasteiger partial charge in [-0.2, -0.15) is 0 Å². The summed E-state index contributed by atoms with van der Waals surface area (Å²) in [4.78, 5) is 6.77. The van der Waals surface area contributed by atoms with Crippen LogP contribution in [0.2, 0.25) is 5.02 Å². The van der Waals surface area contributed by atoms with Crippen LogP contribution in [-0.4, -0.2) is 51.2 Å². The molecule has 0 radical (unpaired) electrons. The highest BCUT2D eigenvalue weighted by atomic mass is 35.5. The number of likely N-dealkylation sites (tertiary alicyclic amines) is 1. The number of ether oxygens (including phenoxy) is 1. The van der Waals surface area contributed by atoms with Gasteiger partial charge in [0.15, 0.2) is 5.96 Å². The maximum Gasteiger partial charge on any atom is 0.191 e. The summed E-state index contributed by atoms with van der Waals surface area (Å²) in [5.74, 6) is 1.59. The number of rotatable bonds is 6. The predicted molar refractivity (Wildman–Crippen MR) is 96.5 cm³/mol. The van der Waals surface area contributed by atoms with Crippen molar-refractivity contribution in [2.24, 2.45) is 4.99 Å². The predicted octanol–water partition coefficient (Wildman–Crippen LogP) is 2.50. The van der Waals surface area contributed by atoms with Crippen molar-refractivity contribution in [1.82, 2.24) is 15.5 Å². The molecule has 128 valence electrons. The van der Waals surface area contributed by atoms with Crippen molar-refractivity contribution in [2.45, 2.75) is 25.8 Å². The van der Waals surface area contributed by atoms with Crippen molar-refractivity contribution in [3.63, 3.8) is 0 Å². The smallest absolute Gasteiger partial charge is 0.191 e. The monoisotopic (exact) mass is 338 g/mol. The third-order valence-electron chi connectivity index (χ3n) is 4.09. The number of nitrogens with one attached hydrogen (secondary N) is 2. The zero-order valence-electron chi connectivity index (χ0n) is 14.1. The molecule has 0 aromatic heterocycles. The van der Waals surface area contributed by atoms with Crippen molar-refractivity contribution in [2.75, 3.05) is 40.3 Å². The normalized spacial score (nSPS) is 16.2. The minimum absolute atomic E-state index is 0.643. The first-order valence-electron chi connectivity index (χ1n) is 8.22. The molecule has 0 atom stereocenters. The molecule has 1 aliphatic rings. The fourth-order valence-corrected chi connectivity index (χ4v) is 2.94. The quantitative estimate of drug-likeness (QED) is 0.618. The first kappa shape index (κ1) is 17.9. The van der Waals surface area contributed by atoms with Crippen molar-refractivity contribution in [1.29, 1.82) is 0 Å². The molecule has 0 saturated carbocycles. The molecule has 23 heavy (non-hydrogen) atoms. The van der Waals surface area contributed by atoms with Crippen LogP contribution in [0.3, 0.4) is 0 Å². The minimum atomic E-state index is 0.643. The largest absolute Gasteiger partial charge is 0.496 e. The average molecular weight is 339 g/mol. The summed E-state index contributed by atoms with van der Waals surface area (Å²) >= 11 is 5.99. The van der Waals surface area contributed by atoms with Crippen LogP contribution in [0.5, 0.6) is 5.75 Å². The van der Waals surface area contributed by atoms with Crippen molar-refractivity contribution < 1.29 is 4.74 Å². The number of nitrogens with zero attached hydrogens (tertiary/aromatic N) is 2. The molecule has 1 aromatic carbocycles. The van der Waals surface area contributed by atoms with E-state index in [0.29, 0.717) is 11.6 Å². The zero-order valence-corrected chi connectivity index (χ0v) is 14.8. The highest BCUT2D eigenvalue weighted by Crippen LogP contribution is 2.22. The molecule has 0 amide bonds. The average Bonchev–Trinajstić information content (AvgIpc) is 2.59. The standard InChI is InChI=1S/C17H27ClN4O/c1-19-17(20-8-11-22-9-4-3-5-10-22)21-13-14-6-7-15(18)12-16(14)23-2/h6-7,12H,3-5,8-11,13H2,1-2H3,(H2,19,20,21). The maximum absolute atomic E-state index is 5.99. The van der Waals surface area contributed by atoms with E-state index in [0.717, 1.165) is 30.4 Å². The van der Waals surface area contributed by atoms with Crippen LogP contribution in [0.1, 0.15) is 24.8 Å². The lowest BCUT2D eigenvalue weighted by Gasteiger charge is -2.26. The minimum Gasteiger partial charge on any atom is -0.496 e. The van der Waals surface area contributed by atoms with Crippen molar-refractivity contribution in [3.05, 3.63) is 28.8 Å². The van der Waals surface area contributed by atoms with E-state index in [1.54, 1.807) is 14.2 Å². The molecular weight excluding hydrogens is 312 g/mol. The lowest BCUT2D eigenvalue weighted by Crippen LogP contribution is -2.42. The van der Waals surface area contributed by atoms with Crippen LogP contribution in [0.25, 0.3) is 0 Å². The summed E-state index contributed by atoms with van der Waals surface area (Å²) in [6.45, 7) is 5.04. The Balaban J connectivity index is 1.76. The van der Waals surface area contributed by atoms with E-state index < -0.39 is 0 Å². The number of hydrogen-bond donors (Lipinski definition) is 2. The van der Waals surface area contributed by atoms with Gasteiger partial charge in [-0.25, -0.2) is 0 Å². The van der Waals surface area contributed by atoms with Crippen molar-refractivity contribution >= 4 is 17.6 Å². The fraction of sp³-hybridized carbons (Fsp3) is 0.588. The topological polar surface area (TPSA) is 48.9 Å². The van der Waals surface area contributed by atoms with E-state index in [1.165, 1.54) is 32.4 Å². The highest BCUT2D eigenvalue weighted by Gasteiger charge is 2.10. The first-order chi connectivity index (χ1) is 11.2. The lowest BCUT2D eigenvalue weighted by molar-refractivity contribution is 0.232. The van der Waals surface area contributed by atoms with Crippen LogP contribution in [0.4, 0.5) is 0 Å². The number of methoxy groups -OCH3 is 1. The van der Waals surface area contributed by atoms with E-state index in [1.807, 2.05) is 18.2 Å². The van der Waals surface area contributed by atoms with Gasteiger partial charge in [-0.1, -0.05) is 24.1 Å². The molecule has 1 aliphatic heterocycles. The van der Waals surface area contributed by atoms with Crippen LogP contribution < -0.4 is 15.4 Å². The molecule has 1 saturated heterocycles. The Morgan fingerprint density at radius 2 is 2.04 bits per heavy atom. The Bertz CT molecular complexity index is 515. The highest BCUT2D eigenvalue weighted by molar-refractivity contribution is 6.30. The number of guanidine groups is 1. The van der Waals surface area contributed by atoms with Crippen LogP contribution in [0, 0.1) is 0 Å². The second-order valence-electron chi connectivity index (χ2n) is 5.71. The van der Waals surface area contributed by atoms with Gasteiger partial charge in [0.2, 0.25) is 0 Å². The van der Waals surface area contributed by atoms with Gasteiger partial charge in [-0.05, 0) is 38.1 Å². The van der Waals surface area contributed by atoms with Gasteiger partial charge in [0.1, 0.15) is 5.75 Å². The summed E-state index contributed by atoms with van der Waals surface area (Å²) in [5, 5.41) is 7.36. The summed E-state index contributed by atoms with van der Waals surface area (Å²) in [5.41, 5.74) is 1.05. The summed E-state index contributed by atoms with van der Waals surface area (Å²) < 4.78 is 5.36. The fourth-order valence-electron chi connectivity index (χ4n) is 2.78. The van der Waals surface area contributed by atoms with E-state index in [4.69, 9.17) is 16.3 Å². The summed E-state index contributed by atoms with van der Waals surface area (Å²) in [6, 6.07) is 5.66. The Morgan fingerprint density at radius 1 is 1.26 bits per heavy atom. The summed E-state index contributed by atoms with van der Waals surface area (Å²) in [7, 11) is 3.44. The van der Waals surface area contributed by atoms with E-state index in [2.05, 4.69) is 20.5 Å². The number of benzene rings is 1. The summed E-state index contributed by atoms with van der Waals surface area (Å²) in [6.07, 6.45) is 4.02. The number of aliphatic imine (C=N–C) groups is 1. The zero-order chi connectivity index (χ0) is 16.5. The van der Waals surface area contributed by atoms with E-state index in [9.17, 15) is 0 Å². The molecular formula is C17H27ClN4O. The SMILES string of the molecule is CN=C(NCCN1CCCCC1)NCc1ccc(Cl)cc1OC. The molecule has 6 heteroatoms. The van der Waals surface area contributed by atoms with E-state index in [-0.39, 0.29) is 0 Å². The number of piperidine rings is 1. The number of hydrogen-bond acceptors (Lipinski definition) is 3. The molecule has 2 rings (SSSR count). The molecule has 0 spiro atoms. The first-order valence-corrected chi connectivity index (χ1v) is 8.60. The lowest BCUT2D eigenvalue weighted by atomic mass is 10.1. The maximum atomic E-state index is 5.99. The third kappa shape index (κ3) is 5.92. The van der Waals surface area contributed by atoms with Crippen LogP contribution in [-0.2, 0) is 6.54 Å². The molecule has 0 aliphatic carbocycles. The van der Waals surface area contributed by atoms with Gasteiger partial charge < -0.3 is 20.3 Å². The second-order valence-corrected chi connectivity index (χ2v) is 6.15. The molecule has 1 heterocycles. The third-order valence-corrected chi connectivity index (χ3v) is 4.32. The Morgan fingerprint density at radius 3 is 2.74 bits per heavy atom. The van der Waals surface area contributed by atoms with Gasteiger partial charge in [-0.15, -0.1) is 0 Å². The molecule has 1 fully saturated rings. The molecule has 5 nitrogen and oxygen atoms in total. The van der Waals surface area contributed by atoms with Gasteiger partial charge in [-0.3, -0.25) is 4.99 Å². The van der Waals surface area contributed by atoms with Crippen LogP contribution >= 0.6 is 11.6 Å². The Hall–Kier alpha value is -1.46. The van der Waals surface area contributed by atoms with Crippen molar-refractivity contribution in [3.8, 4) is 5.75 Å². The second kappa shape index (κ2) is 9.63. The number of halogens is 1. The molecule has 1 aromatic rings. The Labute approximate surface area is 144 Å². The Kier molecular flexibility index (Phi) is 7.49. The van der Waals surface area contributed by atoms with Crippen LogP contribution in [0.15, 0.2) is 23.2 Å². The van der Waals surface area contributed by atoms with Gasteiger partial charge >= 0.3 is 0 Å². The van der Waals surface area contributed by atoms with Gasteiger partial charge in [0.25, 0.3) is 0 Å². The van der Waals surface area contributed by atoms with Gasteiger partial charge in [0.05, 0.1) is 7.11 Å². The van der Waals surface area contributed by atoms with Gasteiger partial charge in [0, 0.05) is 37.3 Å². The van der Waals surface area contributed by atoms with E-state index >= 15 is 0 Å². The molecule has 2 N–H and O–H groups in total. The molecule has 0 bridgehead atoms.